The molecule has 2 rings (SSSR count). The van der Waals surface area contributed by atoms with E-state index in [1.165, 1.54) is 11.3 Å². The van der Waals surface area contributed by atoms with Gasteiger partial charge in [-0.25, -0.2) is 9.78 Å². The van der Waals surface area contributed by atoms with E-state index in [0.717, 1.165) is 16.1 Å². The molecule has 0 atom stereocenters. The number of carbonyl (C=O) groups excluding carboxylic acids is 3. The van der Waals surface area contributed by atoms with Crippen LogP contribution in [0.1, 0.15) is 25.1 Å². The van der Waals surface area contributed by atoms with Gasteiger partial charge in [0.2, 0.25) is 0 Å². The summed E-state index contributed by atoms with van der Waals surface area (Å²) >= 11 is 1.44. The number of nitrogens with zero attached hydrogens (tertiary/aromatic N) is 1. The number of ether oxygens (including phenoxy) is 1. The molecule has 0 unspecified atom stereocenters. The van der Waals surface area contributed by atoms with E-state index in [2.05, 4.69) is 15.6 Å². The van der Waals surface area contributed by atoms with E-state index in [9.17, 15) is 14.4 Å². The molecule has 0 spiro atoms. The Kier molecular flexibility index (Phi) is 6.85. The number of hydrogen-bond donors (Lipinski definition) is 2. The Labute approximate surface area is 155 Å². The summed E-state index contributed by atoms with van der Waals surface area (Å²) in [5, 5.41) is 7.19. The monoisotopic (exact) mass is 375 g/mol. The van der Waals surface area contributed by atoms with Crippen molar-refractivity contribution in [2.45, 2.75) is 33.2 Å². The van der Waals surface area contributed by atoms with Gasteiger partial charge in [-0.3, -0.25) is 14.9 Å². The van der Waals surface area contributed by atoms with E-state index in [1.807, 2.05) is 31.2 Å². The number of amides is 3. The molecule has 1 heterocycles. The van der Waals surface area contributed by atoms with Crippen LogP contribution in [0.25, 0.3) is 10.6 Å². The summed E-state index contributed by atoms with van der Waals surface area (Å²) in [6.45, 7) is 5.02. The Bertz CT molecular complexity index is 801. The maximum atomic E-state index is 11.8. The van der Waals surface area contributed by atoms with Crippen LogP contribution in [0.4, 0.5) is 4.79 Å². The smallest absolute Gasteiger partial charge is 0.321 e. The molecule has 26 heavy (non-hydrogen) atoms. The molecule has 0 saturated heterocycles. The lowest BCUT2D eigenvalue weighted by Gasteiger charge is -2.09. The fraction of sp³-hybridized carbons (Fsp3) is 0.333. The van der Waals surface area contributed by atoms with Crippen molar-refractivity contribution >= 4 is 29.2 Å². The third-order valence-corrected chi connectivity index (χ3v) is 4.12. The molecule has 138 valence electrons. The van der Waals surface area contributed by atoms with Gasteiger partial charge in [0.15, 0.2) is 6.61 Å². The number of urea groups is 1. The lowest BCUT2D eigenvalue weighted by Crippen LogP contribution is -2.44. The molecule has 1 aromatic heterocycles. The van der Waals surface area contributed by atoms with Crippen molar-refractivity contribution in [3.05, 3.63) is 40.9 Å². The number of hydrogen-bond acceptors (Lipinski definition) is 6. The van der Waals surface area contributed by atoms with Crippen LogP contribution < -0.4 is 10.6 Å². The molecule has 0 radical (unpaired) electrons. The first-order valence-electron chi connectivity index (χ1n) is 8.11. The molecule has 1 aromatic carbocycles. The number of rotatable bonds is 6. The Hall–Kier alpha value is -2.74. The van der Waals surface area contributed by atoms with Crippen molar-refractivity contribution in [3.8, 4) is 10.6 Å². The molecule has 0 saturated carbocycles. The average molecular weight is 375 g/mol. The van der Waals surface area contributed by atoms with Crippen LogP contribution in [0.15, 0.2) is 29.6 Å². The van der Waals surface area contributed by atoms with Gasteiger partial charge in [-0.15, -0.1) is 11.3 Å². The molecular formula is C18H21N3O4S. The zero-order valence-corrected chi connectivity index (χ0v) is 15.7. The van der Waals surface area contributed by atoms with E-state index < -0.39 is 24.5 Å². The van der Waals surface area contributed by atoms with Gasteiger partial charge < -0.3 is 10.1 Å². The predicted octanol–water partition coefficient (Wildman–Crippen LogP) is 2.44. The second-order valence-corrected chi connectivity index (χ2v) is 6.89. The van der Waals surface area contributed by atoms with Gasteiger partial charge in [-0.1, -0.05) is 23.8 Å². The minimum Gasteiger partial charge on any atom is -0.455 e. The van der Waals surface area contributed by atoms with Crippen molar-refractivity contribution in [1.29, 1.82) is 0 Å². The van der Waals surface area contributed by atoms with Gasteiger partial charge in [0.1, 0.15) is 5.01 Å². The van der Waals surface area contributed by atoms with Crippen molar-refractivity contribution in [1.82, 2.24) is 15.6 Å². The molecule has 2 aromatic rings. The maximum Gasteiger partial charge on any atom is 0.321 e. The normalized spacial score (nSPS) is 10.5. The van der Waals surface area contributed by atoms with Gasteiger partial charge in [-0.2, -0.15) is 0 Å². The number of nitrogens with one attached hydrogen (secondary N) is 2. The summed E-state index contributed by atoms with van der Waals surface area (Å²) in [6, 6.07) is 7.21. The first kappa shape index (κ1) is 19.6. The summed E-state index contributed by atoms with van der Waals surface area (Å²) in [6.07, 6.45) is -0.0339. The lowest BCUT2D eigenvalue weighted by molar-refractivity contribution is -0.147. The number of carbonyl (C=O) groups is 3. The van der Waals surface area contributed by atoms with Crippen LogP contribution in [0.2, 0.25) is 0 Å². The molecule has 0 aliphatic rings. The highest BCUT2D eigenvalue weighted by Crippen LogP contribution is 2.24. The molecule has 0 bridgehead atoms. The molecule has 3 amide bonds. The summed E-state index contributed by atoms with van der Waals surface area (Å²) < 4.78 is 4.88. The second kappa shape index (κ2) is 9.10. The van der Waals surface area contributed by atoms with Crippen LogP contribution in [-0.4, -0.2) is 35.5 Å². The molecule has 0 aliphatic heterocycles. The van der Waals surface area contributed by atoms with E-state index >= 15 is 0 Å². The maximum absolute atomic E-state index is 11.8. The van der Waals surface area contributed by atoms with Crippen LogP contribution in [0.3, 0.4) is 0 Å². The standard InChI is InChI=1S/C18H21N3O4S/c1-11(2)19-18(24)21-15(22)9-25-16(23)8-14-10-26-17(20-14)13-6-4-5-12(3)7-13/h4-7,10-11H,8-9H2,1-3H3,(H2,19,21,22,24). The summed E-state index contributed by atoms with van der Waals surface area (Å²) in [5.74, 6) is -1.26. The van der Waals surface area contributed by atoms with E-state index in [1.54, 1.807) is 19.2 Å². The van der Waals surface area contributed by atoms with Crippen LogP contribution in [0, 0.1) is 6.92 Å². The van der Waals surface area contributed by atoms with Gasteiger partial charge in [0.25, 0.3) is 5.91 Å². The molecule has 7 nitrogen and oxygen atoms in total. The minimum atomic E-state index is -0.685. The van der Waals surface area contributed by atoms with Gasteiger partial charge in [-0.05, 0) is 26.8 Å². The molecular weight excluding hydrogens is 354 g/mol. The average Bonchev–Trinajstić information content (AvgIpc) is 3.00. The fourth-order valence-corrected chi connectivity index (χ4v) is 2.92. The van der Waals surface area contributed by atoms with Crippen molar-refractivity contribution in [3.63, 3.8) is 0 Å². The van der Waals surface area contributed by atoms with Gasteiger partial charge >= 0.3 is 12.0 Å². The van der Waals surface area contributed by atoms with Gasteiger partial charge in [0.05, 0.1) is 12.1 Å². The van der Waals surface area contributed by atoms with Crippen LogP contribution in [-0.2, 0) is 20.7 Å². The number of esters is 1. The fourth-order valence-electron chi connectivity index (χ4n) is 2.10. The zero-order valence-electron chi connectivity index (χ0n) is 14.9. The van der Waals surface area contributed by atoms with Crippen molar-refractivity contribution in [2.75, 3.05) is 6.61 Å². The third-order valence-electron chi connectivity index (χ3n) is 3.18. The summed E-state index contributed by atoms with van der Waals surface area (Å²) in [4.78, 5) is 39.2. The molecule has 8 heteroatoms. The highest BCUT2D eigenvalue weighted by Gasteiger charge is 2.14. The zero-order chi connectivity index (χ0) is 19.1. The van der Waals surface area contributed by atoms with E-state index in [-0.39, 0.29) is 12.5 Å². The first-order chi connectivity index (χ1) is 12.3. The highest BCUT2D eigenvalue weighted by atomic mass is 32.1. The Balaban J connectivity index is 1.81. The quantitative estimate of drug-likeness (QED) is 0.756. The number of aryl methyl sites for hydroxylation is 1. The Morgan fingerprint density at radius 2 is 2.04 bits per heavy atom. The predicted molar refractivity (Wildman–Crippen MR) is 98.8 cm³/mol. The second-order valence-electron chi connectivity index (χ2n) is 6.03. The van der Waals surface area contributed by atoms with Crippen molar-refractivity contribution < 1.29 is 19.1 Å². The summed E-state index contributed by atoms with van der Waals surface area (Å²) in [5.41, 5.74) is 2.70. The lowest BCUT2D eigenvalue weighted by atomic mass is 10.1. The van der Waals surface area contributed by atoms with Crippen LogP contribution >= 0.6 is 11.3 Å². The van der Waals surface area contributed by atoms with Crippen LogP contribution in [0.5, 0.6) is 0 Å². The van der Waals surface area contributed by atoms with E-state index in [0.29, 0.717) is 5.69 Å². The highest BCUT2D eigenvalue weighted by molar-refractivity contribution is 7.13. The minimum absolute atomic E-state index is 0.0339. The molecule has 0 fully saturated rings. The molecule has 2 N–H and O–H groups in total. The number of thiazole rings is 1. The van der Waals surface area contributed by atoms with Gasteiger partial charge in [0, 0.05) is 17.0 Å². The first-order valence-corrected chi connectivity index (χ1v) is 8.99. The Morgan fingerprint density at radius 3 is 2.73 bits per heavy atom. The number of imide groups is 1. The molecule has 0 aliphatic carbocycles. The number of aromatic nitrogens is 1. The van der Waals surface area contributed by atoms with Crippen molar-refractivity contribution in [2.24, 2.45) is 0 Å². The topological polar surface area (TPSA) is 97.4 Å². The third kappa shape index (κ3) is 6.29. The largest absolute Gasteiger partial charge is 0.455 e. The SMILES string of the molecule is Cc1cccc(-c2nc(CC(=O)OCC(=O)NC(=O)NC(C)C)cs2)c1. The Morgan fingerprint density at radius 1 is 1.27 bits per heavy atom. The summed E-state index contributed by atoms with van der Waals surface area (Å²) in [7, 11) is 0. The van der Waals surface area contributed by atoms with E-state index in [4.69, 9.17) is 4.74 Å². The number of benzene rings is 1.